The number of carbonyl (C=O) groups excluding carboxylic acids is 1. The van der Waals surface area contributed by atoms with E-state index < -0.39 is 5.82 Å². The van der Waals surface area contributed by atoms with Crippen LogP contribution in [0.25, 0.3) is 0 Å². The van der Waals surface area contributed by atoms with Crippen molar-refractivity contribution in [3.63, 3.8) is 0 Å². The van der Waals surface area contributed by atoms with E-state index in [9.17, 15) is 14.0 Å². The van der Waals surface area contributed by atoms with Gasteiger partial charge in [0.1, 0.15) is 12.4 Å². The molecular weight excluding hydrogens is 419 g/mol. The largest absolute Gasteiger partial charge is 0.472 e. The number of benzene rings is 1. The maximum atomic E-state index is 13.7. The lowest BCUT2D eigenvalue weighted by atomic mass is 10.1. The summed E-state index contributed by atoms with van der Waals surface area (Å²) in [7, 11) is 0. The first-order chi connectivity index (χ1) is 13.8. The second-order valence-corrected chi connectivity index (χ2v) is 7.55. The van der Waals surface area contributed by atoms with Crippen LogP contribution in [0.4, 0.5) is 9.18 Å². The number of nitrogens with zero attached hydrogens (tertiary/aromatic N) is 2. The molecule has 7 nitrogen and oxygen atoms in total. The highest BCUT2D eigenvalue weighted by Crippen LogP contribution is 2.25. The molecule has 29 heavy (non-hydrogen) atoms. The number of hydrogen-bond donors (Lipinski definition) is 2. The number of nitrogens with one attached hydrogen (secondary N) is 2. The lowest BCUT2D eigenvalue weighted by molar-refractivity contribution is 0.240. The number of halogens is 2. The molecule has 1 heterocycles. The molecule has 0 aliphatic rings. The third-order valence-corrected chi connectivity index (χ3v) is 4.98. The molecule has 1 aromatic heterocycles. The molecule has 0 aliphatic carbocycles. The summed E-state index contributed by atoms with van der Waals surface area (Å²) in [6.07, 6.45) is 1.81. The molecule has 0 aliphatic heterocycles. The van der Waals surface area contributed by atoms with E-state index in [-0.39, 0.29) is 41.7 Å². The molecule has 2 N–H and O–H groups in total. The minimum absolute atomic E-state index is 0.0123. The average Bonchev–Trinajstić information content (AvgIpc) is 2.68. The van der Waals surface area contributed by atoms with Gasteiger partial charge in [0.25, 0.3) is 5.56 Å². The zero-order valence-corrected chi connectivity index (χ0v) is 18.3. The average molecular weight is 443 g/mol. The smallest absolute Gasteiger partial charge is 0.315 e. The fourth-order valence-corrected chi connectivity index (χ4v) is 3.47. The number of carbonyl (C=O) groups is 1. The van der Waals surface area contributed by atoms with Gasteiger partial charge in [-0.05, 0) is 50.3 Å². The molecule has 2 aromatic rings. The molecule has 10 heteroatoms. The van der Waals surface area contributed by atoms with Crippen molar-refractivity contribution in [1.82, 2.24) is 20.2 Å². The Labute approximate surface area is 178 Å². The van der Waals surface area contributed by atoms with Gasteiger partial charge in [0.15, 0.2) is 10.2 Å². The molecule has 0 bridgehead atoms. The molecule has 158 valence electrons. The van der Waals surface area contributed by atoms with Gasteiger partial charge in [-0.3, -0.25) is 9.36 Å². The molecular formula is C19H24ClFN4O3S. The standard InChI is InChI=1S/C19H24ClFN4O3S/c1-5-22-18(27)23-9-13-8-14(21)7-6-12(13)10-28-16-15(20)17(26)25(11(2)3)19(24-16)29-4/h6-8,11H,5,9-10H2,1-4H3,(H2,22,23,27). The van der Waals surface area contributed by atoms with Crippen molar-refractivity contribution in [2.45, 2.75) is 45.1 Å². The predicted octanol–water partition coefficient (Wildman–Crippen LogP) is 3.74. The van der Waals surface area contributed by atoms with Crippen LogP contribution in [-0.2, 0) is 13.2 Å². The summed E-state index contributed by atoms with van der Waals surface area (Å²) >= 11 is 7.50. The van der Waals surface area contributed by atoms with Crippen molar-refractivity contribution >= 4 is 29.4 Å². The zero-order valence-electron chi connectivity index (χ0n) is 16.7. The van der Waals surface area contributed by atoms with Gasteiger partial charge in [-0.25, -0.2) is 9.18 Å². The van der Waals surface area contributed by atoms with Crippen LogP contribution in [0, 0.1) is 5.82 Å². The Hall–Kier alpha value is -2.26. The van der Waals surface area contributed by atoms with Gasteiger partial charge in [0.05, 0.1) is 0 Å². The topological polar surface area (TPSA) is 85.2 Å². The van der Waals surface area contributed by atoms with Gasteiger partial charge >= 0.3 is 6.03 Å². The lowest BCUT2D eigenvalue weighted by Gasteiger charge is -2.17. The Morgan fingerprint density at radius 1 is 1.34 bits per heavy atom. The van der Waals surface area contributed by atoms with Crippen LogP contribution >= 0.6 is 23.4 Å². The van der Waals surface area contributed by atoms with Gasteiger partial charge in [0.2, 0.25) is 5.88 Å². The maximum Gasteiger partial charge on any atom is 0.315 e. The quantitative estimate of drug-likeness (QED) is 0.480. The van der Waals surface area contributed by atoms with Crippen molar-refractivity contribution < 1.29 is 13.9 Å². The van der Waals surface area contributed by atoms with E-state index in [2.05, 4.69) is 15.6 Å². The zero-order chi connectivity index (χ0) is 21.6. The van der Waals surface area contributed by atoms with Gasteiger partial charge in [-0.15, -0.1) is 0 Å². The second kappa shape index (κ2) is 10.5. The lowest BCUT2D eigenvalue weighted by Crippen LogP contribution is -2.35. The van der Waals surface area contributed by atoms with Crippen LogP contribution in [0.3, 0.4) is 0 Å². The first-order valence-corrected chi connectivity index (χ1v) is 10.7. The van der Waals surface area contributed by atoms with E-state index in [1.165, 1.54) is 28.5 Å². The number of aromatic nitrogens is 2. The number of thioether (sulfide) groups is 1. The molecule has 0 fully saturated rings. The van der Waals surface area contributed by atoms with E-state index in [0.29, 0.717) is 22.8 Å². The number of urea groups is 1. The highest BCUT2D eigenvalue weighted by Gasteiger charge is 2.18. The first-order valence-electron chi connectivity index (χ1n) is 9.06. The Kier molecular flexibility index (Phi) is 8.33. The van der Waals surface area contributed by atoms with E-state index in [4.69, 9.17) is 16.3 Å². The predicted molar refractivity (Wildman–Crippen MR) is 112 cm³/mol. The molecule has 2 amide bonds. The third-order valence-electron chi connectivity index (χ3n) is 4.01. The normalized spacial score (nSPS) is 10.9. The Balaban J connectivity index is 2.25. The summed E-state index contributed by atoms with van der Waals surface area (Å²) in [6.45, 7) is 6.15. The Morgan fingerprint density at radius 3 is 2.69 bits per heavy atom. The van der Waals surface area contributed by atoms with E-state index in [1.807, 2.05) is 20.1 Å². The van der Waals surface area contributed by atoms with Crippen molar-refractivity contribution in [3.8, 4) is 5.88 Å². The van der Waals surface area contributed by atoms with Crippen molar-refractivity contribution in [1.29, 1.82) is 0 Å². The fourth-order valence-electron chi connectivity index (χ4n) is 2.61. The van der Waals surface area contributed by atoms with E-state index in [0.717, 1.165) is 0 Å². The number of amides is 2. The summed E-state index contributed by atoms with van der Waals surface area (Å²) < 4.78 is 20.9. The molecule has 0 spiro atoms. The summed E-state index contributed by atoms with van der Waals surface area (Å²) in [6, 6.07) is 3.73. The summed E-state index contributed by atoms with van der Waals surface area (Å²) in [5.74, 6) is -0.410. The van der Waals surface area contributed by atoms with Crippen LogP contribution in [0.1, 0.15) is 37.9 Å². The van der Waals surface area contributed by atoms with Gasteiger partial charge < -0.3 is 15.4 Å². The highest BCUT2D eigenvalue weighted by molar-refractivity contribution is 7.98. The highest BCUT2D eigenvalue weighted by atomic mass is 35.5. The molecule has 0 saturated carbocycles. The van der Waals surface area contributed by atoms with Crippen LogP contribution in [0.5, 0.6) is 5.88 Å². The SMILES string of the molecule is CCNC(=O)NCc1cc(F)ccc1COc1nc(SC)n(C(C)C)c(=O)c1Cl. The van der Waals surface area contributed by atoms with Gasteiger partial charge in [-0.1, -0.05) is 29.4 Å². The summed E-state index contributed by atoms with van der Waals surface area (Å²) in [5.41, 5.74) is 0.807. The van der Waals surface area contributed by atoms with E-state index in [1.54, 1.807) is 13.0 Å². The fraction of sp³-hybridized carbons (Fsp3) is 0.421. The molecule has 0 unspecified atom stereocenters. The van der Waals surface area contributed by atoms with Crippen LogP contribution < -0.4 is 20.9 Å². The van der Waals surface area contributed by atoms with E-state index >= 15 is 0 Å². The van der Waals surface area contributed by atoms with Crippen molar-refractivity contribution in [3.05, 3.63) is 50.5 Å². The molecule has 1 aromatic carbocycles. The van der Waals surface area contributed by atoms with Gasteiger partial charge in [-0.2, -0.15) is 4.98 Å². The van der Waals surface area contributed by atoms with Crippen molar-refractivity contribution in [2.75, 3.05) is 12.8 Å². The van der Waals surface area contributed by atoms with Crippen molar-refractivity contribution in [2.24, 2.45) is 0 Å². The molecule has 0 radical (unpaired) electrons. The maximum absolute atomic E-state index is 13.7. The molecule has 2 rings (SSSR count). The Morgan fingerprint density at radius 2 is 2.07 bits per heavy atom. The summed E-state index contributed by atoms with van der Waals surface area (Å²) in [4.78, 5) is 28.5. The third kappa shape index (κ3) is 5.86. The number of ether oxygens (including phenoxy) is 1. The minimum atomic E-state index is -0.429. The molecule has 0 atom stereocenters. The summed E-state index contributed by atoms with van der Waals surface area (Å²) in [5, 5.41) is 5.64. The van der Waals surface area contributed by atoms with Gasteiger partial charge in [0, 0.05) is 19.1 Å². The monoisotopic (exact) mass is 442 g/mol. The first kappa shape index (κ1) is 23.0. The Bertz CT molecular complexity index is 936. The number of rotatable bonds is 8. The molecule has 0 saturated heterocycles. The second-order valence-electron chi connectivity index (χ2n) is 6.40. The number of hydrogen-bond acceptors (Lipinski definition) is 5. The van der Waals surface area contributed by atoms with Crippen LogP contribution in [0.2, 0.25) is 5.02 Å². The van der Waals surface area contributed by atoms with Crippen LogP contribution in [0.15, 0.2) is 28.2 Å². The van der Waals surface area contributed by atoms with Crippen LogP contribution in [-0.4, -0.2) is 28.4 Å². The minimum Gasteiger partial charge on any atom is -0.472 e.